The average Bonchev–Trinajstić information content (AvgIpc) is 3.19. The first-order valence-electron chi connectivity index (χ1n) is 8.78. The highest BCUT2D eigenvalue weighted by Crippen LogP contribution is 2.41. The highest BCUT2D eigenvalue weighted by molar-refractivity contribution is 5.95. The Labute approximate surface area is 152 Å². The number of nitrogens with zero attached hydrogens (tertiary/aromatic N) is 4. The number of amides is 1. The van der Waals surface area contributed by atoms with Gasteiger partial charge < -0.3 is 5.32 Å². The average molecular weight is 347 g/mol. The number of tetrazole rings is 1. The molecule has 1 aromatic heterocycles. The van der Waals surface area contributed by atoms with Crippen molar-refractivity contribution < 1.29 is 4.79 Å². The van der Waals surface area contributed by atoms with Gasteiger partial charge >= 0.3 is 0 Å². The standard InChI is InChI=1S/C20H21N5O/c1-20(2)11-10-18(16-8-3-4-9-17(16)20)22-19(26)14-6-5-7-15(12-14)25-13-21-23-24-25/h3-9,12-13,18H,10-11H2,1-2H3,(H,22,26)/t18-/m1/s1. The Morgan fingerprint density at radius 2 is 2.04 bits per heavy atom. The molecule has 1 heterocycles. The fourth-order valence-electron chi connectivity index (χ4n) is 3.67. The summed E-state index contributed by atoms with van der Waals surface area (Å²) >= 11 is 0. The molecule has 1 amide bonds. The summed E-state index contributed by atoms with van der Waals surface area (Å²) in [4.78, 5) is 12.8. The summed E-state index contributed by atoms with van der Waals surface area (Å²) in [6.07, 6.45) is 3.48. The lowest BCUT2D eigenvalue weighted by atomic mass is 9.71. The van der Waals surface area contributed by atoms with Crippen molar-refractivity contribution in [3.8, 4) is 5.69 Å². The van der Waals surface area contributed by atoms with Crippen LogP contribution in [0.25, 0.3) is 5.69 Å². The third-order valence-electron chi connectivity index (χ3n) is 5.15. The van der Waals surface area contributed by atoms with Crippen molar-refractivity contribution in [3.63, 3.8) is 0 Å². The van der Waals surface area contributed by atoms with Gasteiger partial charge in [0.15, 0.2) is 0 Å². The van der Waals surface area contributed by atoms with Crippen LogP contribution in [0.15, 0.2) is 54.9 Å². The van der Waals surface area contributed by atoms with E-state index in [1.807, 2.05) is 24.3 Å². The largest absolute Gasteiger partial charge is 0.345 e. The van der Waals surface area contributed by atoms with Gasteiger partial charge in [0.25, 0.3) is 5.91 Å². The highest BCUT2D eigenvalue weighted by atomic mass is 16.1. The molecule has 6 heteroatoms. The molecule has 0 aliphatic heterocycles. The van der Waals surface area contributed by atoms with Gasteiger partial charge in [-0.25, -0.2) is 4.68 Å². The molecule has 0 saturated carbocycles. The number of aromatic nitrogens is 4. The third kappa shape index (κ3) is 2.98. The van der Waals surface area contributed by atoms with Crippen LogP contribution >= 0.6 is 0 Å². The Morgan fingerprint density at radius 3 is 2.85 bits per heavy atom. The maximum atomic E-state index is 12.8. The van der Waals surface area contributed by atoms with Crippen LogP contribution < -0.4 is 5.32 Å². The normalized spacial score (nSPS) is 18.2. The van der Waals surface area contributed by atoms with Crippen molar-refractivity contribution in [1.82, 2.24) is 25.5 Å². The van der Waals surface area contributed by atoms with E-state index in [2.05, 4.69) is 52.9 Å². The number of fused-ring (bicyclic) bond motifs is 1. The minimum Gasteiger partial charge on any atom is -0.345 e. The van der Waals surface area contributed by atoms with E-state index in [1.165, 1.54) is 22.1 Å². The van der Waals surface area contributed by atoms with E-state index in [0.29, 0.717) is 5.56 Å². The van der Waals surface area contributed by atoms with Crippen molar-refractivity contribution >= 4 is 5.91 Å². The predicted octanol–water partition coefficient (Wildman–Crippen LogP) is 3.20. The number of carbonyl (C=O) groups excluding carboxylic acids is 1. The molecule has 132 valence electrons. The predicted molar refractivity (Wildman–Crippen MR) is 98.1 cm³/mol. The fourth-order valence-corrected chi connectivity index (χ4v) is 3.67. The molecular formula is C20H21N5O. The summed E-state index contributed by atoms with van der Waals surface area (Å²) in [5, 5.41) is 14.3. The van der Waals surface area contributed by atoms with Crippen LogP contribution in [0.1, 0.15) is 54.2 Å². The highest BCUT2D eigenvalue weighted by Gasteiger charge is 2.33. The first-order valence-corrected chi connectivity index (χ1v) is 8.78. The summed E-state index contributed by atoms with van der Waals surface area (Å²) in [6, 6.07) is 15.7. The molecule has 1 N–H and O–H groups in total. The summed E-state index contributed by atoms with van der Waals surface area (Å²) in [5.41, 5.74) is 4.03. The first-order chi connectivity index (χ1) is 12.5. The molecule has 1 aliphatic carbocycles. The van der Waals surface area contributed by atoms with Gasteiger partial charge in [0.2, 0.25) is 0 Å². The minimum absolute atomic E-state index is 0.0309. The molecule has 0 bridgehead atoms. The number of nitrogens with one attached hydrogen (secondary N) is 1. The van der Waals surface area contributed by atoms with Crippen molar-refractivity contribution in [2.45, 2.75) is 38.1 Å². The third-order valence-corrected chi connectivity index (χ3v) is 5.15. The van der Waals surface area contributed by atoms with E-state index in [0.717, 1.165) is 18.5 Å². The topological polar surface area (TPSA) is 72.7 Å². The number of rotatable bonds is 3. The van der Waals surface area contributed by atoms with E-state index in [9.17, 15) is 4.79 Å². The van der Waals surface area contributed by atoms with Gasteiger partial charge in [0.1, 0.15) is 6.33 Å². The van der Waals surface area contributed by atoms with E-state index >= 15 is 0 Å². The number of carbonyl (C=O) groups is 1. The van der Waals surface area contributed by atoms with E-state index in [1.54, 1.807) is 6.07 Å². The monoisotopic (exact) mass is 347 g/mol. The van der Waals surface area contributed by atoms with Gasteiger partial charge in [-0.1, -0.05) is 44.2 Å². The zero-order valence-corrected chi connectivity index (χ0v) is 14.9. The lowest BCUT2D eigenvalue weighted by molar-refractivity contribution is 0.0929. The van der Waals surface area contributed by atoms with Crippen LogP contribution in [0.5, 0.6) is 0 Å². The lowest BCUT2D eigenvalue weighted by Gasteiger charge is -2.37. The molecule has 4 rings (SSSR count). The summed E-state index contributed by atoms with van der Waals surface area (Å²) in [6.45, 7) is 4.53. The van der Waals surface area contributed by atoms with Gasteiger partial charge in [0, 0.05) is 5.56 Å². The van der Waals surface area contributed by atoms with Crippen LogP contribution in [0.3, 0.4) is 0 Å². The minimum atomic E-state index is -0.0839. The molecule has 3 aromatic rings. The first kappa shape index (κ1) is 16.4. The van der Waals surface area contributed by atoms with E-state index < -0.39 is 0 Å². The molecule has 6 nitrogen and oxygen atoms in total. The van der Waals surface area contributed by atoms with Gasteiger partial charge in [0.05, 0.1) is 11.7 Å². The second-order valence-electron chi connectivity index (χ2n) is 7.34. The molecule has 1 aliphatic rings. The van der Waals surface area contributed by atoms with Crippen LogP contribution in [0.4, 0.5) is 0 Å². The van der Waals surface area contributed by atoms with Crippen LogP contribution in [-0.4, -0.2) is 26.1 Å². The summed E-state index contributed by atoms with van der Waals surface area (Å²) in [5.74, 6) is -0.0839. The number of hydrogen-bond acceptors (Lipinski definition) is 4. The van der Waals surface area contributed by atoms with Crippen LogP contribution in [0.2, 0.25) is 0 Å². The SMILES string of the molecule is CC1(C)CC[C@@H](NC(=O)c2cccc(-n3cnnn3)c2)c2ccccc21. The van der Waals surface area contributed by atoms with Gasteiger partial charge in [-0.3, -0.25) is 4.79 Å². The zero-order valence-electron chi connectivity index (χ0n) is 14.9. The molecule has 2 aromatic carbocycles. The summed E-state index contributed by atoms with van der Waals surface area (Å²) in [7, 11) is 0. The Bertz CT molecular complexity index is 933. The second-order valence-corrected chi connectivity index (χ2v) is 7.34. The zero-order chi connectivity index (χ0) is 18.1. The van der Waals surface area contributed by atoms with E-state index in [4.69, 9.17) is 0 Å². The van der Waals surface area contributed by atoms with Crippen molar-refractivity contribution in [2.24, 2.45) is 0 Å². The molecule has 26 heavy (non-hydrogen) atoms. The molecular weight excluding hydrogens is 326 g/mol. The van der Waals surface area contributed by atoms with Crippen LogP contribution in [0, 0.1) is 0 Å². The van der Waals surface area contributed by atoms with Crippen molar-refractivity contribution in [2.75, 3.05) is 0 Å². The number of hydrogen-bond donors (Lipinski definition) is 1. The van der Waals surface area contributed by atoms with Crippen LogP contribution in [-0.2, 0) is 5.41 Å². The maximum Gasteiger partial charge on any atom is 0.251 e. The maximum absolute atomic E-state index is 12.8. The number of benzene rings is 2. The van der Waals surface area contributed by atoms with Crippen molar-refractivity contribution in [3.05, 3.63) is 71.5 Å². The van der Waals surface area contributed by atoms with Crippen molar-refractivity contribution in [1.29, 1.82) is 0 Å². The van der Waals surface area contributed by atoms with E-state index in [-0.39, 0.29) is 17.4 Å². The molecule has 0 spiro atoms. The molecule has 0 unspecified atom stereocenters. The fraction of sp³-hybridized carbons (Fsp3) is 0.300. The molecule has 0 saturated heterocycles. The Morgan fingerprint density at radius 1 is 1.19 bits per heavy atom. The quantitative estimate of drug-likeness (QED) is 0.790. The molecule has 1 atom stereocenters. The van der Waals surface area contributed by atoms with Gasteiger partial charge in [-0.2, -0.15) is 0 Å². The van der Waals surface area contributed by atoms with Gasteiger partial charge in [-0.05, 0) is 58.0 Å². The molecule has 0 fully saturated rings. The Hall–Kier alpha value is -3.02. The smallest absolute Gasteiger partial charge is 0.251 e. The molecule has 0 radical (unpaired) electrons. The van der Waals surface area contributed by atoms with Gasteiger partial charge in [-0.15, -0.1) is 5.10 Å². The summed E-state index contributed by atoms with van der Waals surface area (Å²) < 4.78 is 1.54. The second kappa shape index (κ2) is 6.37. The lowest BCUT2D eigenvalue weighted by Crippen LogP contribution is -2.35. The Kier molecular flexibility index (Phi) is 4.03. The Balaban J connectivity index is 1.59.